The molecule has 0 aliphatic carbocycles. The van der Waals surface area contributed by atoms with Crippen molar-refractivity contribution in [3.63, 3.8) is 0 Å². The topological polar surface area (TPSA) is 43.4 Å². The van der Waals surface area contributed by atoms with Gasteiger partial charge in [-0.05, 0) is 12.8 Å². The Bertz CT molecular complexity index is 169. The van der Waals surface area contributed by atoms with E-state index < -0.39 is 9.84 Å². The first-order valence-electron chi connectivity index (χ1n) is 3.32. The molecular formula is C6H10O3S. The van der Waals surface area contributed by atoms with Crippen molar-refractivity contribution in [1.82, 2.24) is 0 Å². The molecule has 0 amide bonds. The Labute approximate surface area is 61.3 Å². The second kappa shape index (κ2) is 3.34. The van der Waals surface area contributed by atoms with E-state index >= 15 is 0 Å². The molecular weight excluding hydrogens is 152 g/mol. The van der Waals surface area contributed by atoms with Crippen LogP contribution < -0.4 is 0 Å². The van der Waals surface area contributed by atoms with Crippen molar-refractivity contribution in [2.75, 3.05) is 12.4 Å². The molecule has 58 valence electrons. The van der Waals surface area contributed by atoms with E-state index in [4.69, 9.17) is 0 Å². The first-order chi connectivity index (χ1) is 4.71. The van der Waals surface area contributed by atoms with Crippen molar-refractivity contribution >= 4 is 9.84 Å². The van der Waals surface area contributed by atoms with Crippen molar-refractivity contribution < 1.29 is 13.2 Å². The lowest BCUT2D eigenvalue weighted by Gasteiger charge is -2.07. The van der Waals surface area contributed by atoms with Crippen LogP contribution in [0.5, 0.6) is 0 Å². The summed E-state index contributed by atoms with van der Waals surface area (Å²) in [4.78, 5) is 0. The van der Waals surface area contributed by atoms with Gasteiger partial charge in [0.2, 0.25) is 0 Å². The van der Waals surface area contributed by atoms with Gasteiger partial charge in [-0.3, -0.25) is 0 Å². The minimum atomic E-state index is -3.11. The predicted octanol–water partition coefficient (Wildman–Crippen LogP) is 0.598. The number of hydrogen-bond acceptors (Lipinski definition) is 3. The summed E-state index contributed by atoms with van der Waals surface area (Å²) in [5.41, 5.74) is 0. The summed E-state index contributed by atoms with van der Waals surface area (Å²) in [6, 6.07) is 0. The summed E-state index contributed by atoms with van der Waals surface area (Å²) in [5, 5.41) is 0. The van der Waals surface area contributed by atoms with E-state index in [9.17, 15) is 8.42 Å². The highest BCUT2D eigenvalue weighted by molar-refractivity contribution is 7.93. The lowest BCUT2D eigenvalue weighted by Crippen LogP contribution is -2.12. The van der Waals surface area contributed by atoms with Crippen LogP contribution in [0.1, 0.15) is 19.3 Å². The highest BCUT2D eigenvalue weighted by Gasteiger charge is 2.14. The maximum absolute atomic E-state index is 10.8. The molecule has 0 saturated carbocycles. The van der Waals surface area contributed by atoms with Gasteiger partial charge in [0.1, 0.15) is 0 Å². The third-order valence-corrected chi connectivity index (χ3v) is 2.54. The van der Waals surface area contributed by atoms with E-state index in [-0.39, 0.29) is 5.75 Å². The standard InChI is InChI=1S/C6H10O3S/c7-10(8)5-3-1-2-4-9-6-10/h1-5H2. The monoisotopic (exact) mass is 162 g/mol. The summed E-state index contributed by atoms with van der Waals surface area (Å²) in [7, 11) is -3.11. The van der Waals surface area contributed by atoms with Crippen LogP contribution in [0, 0.1) is 5.94 Å². The molecule has 3 nitrogen and oxygen atoms in total. The molecule has 1 rings (SSSR count). The maximum atomic E-state index is 10.8. The van der Waals surface area contributed by atoms with Crippen LogP contribution in [0.2, 0.25) is 0 Å². The van der Waals surface area contributed by atoms with E-state index in [0.717, 1.165) is 19.3 Å². The van der Waals surface area contributed by atoms with Gasteiger partial charge in [-0.25, -0.2) is 8.42 Å². The smallest absolute Gasteiger partial charge is 0.264 e. The first kappa shape index (κ1) is 8.01. The molecule has 0 bridgehead atoms. The SMILES string of the molecule is O=S1(=O)[C]OCCCCC1. The van der Waals surface area contributed by atoms with E-state index in [0.29, 0.717) is 6.61 Å². The Morgan fingerprint density at radius 3 is 2.80 bits per heavy atom. The quantitative estimate of drug-likeness (QED) is 0.524. The minimum absolute atomic E-state index is 0.188. The first-order valence-corrected chi connectivity index (χ1v) is 4.97. The van der Waals surface area contributed by atoms with Gasteiger partial charge in [-0.2, -0.15) is 0 Å². The van der Waals surface area contributed by atoms with Crippen molar-refractivity contribution in [1.29, 1.82) is 0 Å². The fraction of sp³-hybridized carbons (Fsp3) is 0.833. The van der Waals surface area contributed by atoms with Crippen LogP contribution in [0.25, 0.3) is 0 Å². The average Bonchev–Trinajstić information content (AvgIpc) is 1.81. The van der Waals surface area contributed by atoms with Crippen LogP contribution in [0.4, 0.5) is 0 Å². The second-order valence-corrected chi connectivity index (χ2v) is 4.12. The molecule has 1 fully saturated rings. The molecule has 1 saturated heterocycles. The normalized spacial score (nSPS) is 26.8. The highest BCUT2D eigenvalue weighted by atomic mass is 32.2. The number of rotatable bonds is 0. The predicted molar refractivity (Wildman–Crippen MR) is 36.8 cm³/mol. The molecule has 0 unspecified atom stereocenters. The molecule has 0 spiro atoms. The highest BCUT2D eigenvalue weighted by Crippen LogP contribution is 2.08. The molecule has 4 heteroatoms. The van der Waals surface area contributed by atoms with Gasteiger partial charge < -0.3 is 4.74 Å². The fourth-order valence-corrected chi connectivity index (χ4v) is 1.75. The van der Waals surface area contributed by atoms with Crippen molar-refractivity contribution in [3.05, 3.63) is 5.94 Å². The van der Waals surface area contributed by atoms with Crippen LogP contribution in [0.15, 0.2) is 0 Å². The van der Waals surface area contributed by atoms with Gasteiger partial charge in [-0.1, -0.05) is 6.42 Å². The molecule has 1 aliphatic heterocycles. The third kappa shape index (κ3) is 2.66. The molecule has 2 radical (unpaired) electrons. The summed E-state index contributed by atoms with van der Waals surface area (Å²) >= 11 is 0. The largest absolute Gasteiger partial charge is 0.352 e. The van der Waals surface area contributed by atoms with E-state index in [1.807, 2.05) is 5.94 Å². The van der Waals surface area contributed by atoms with Crippen LogP contribution in [0.3, 0.4) is 0 Å². The molecule has 0 aromatic heterocycles. The van der Waals surface area contributed by atoms with E-state index in [1.165, 1.54) is 0 Å². The van der Waals surface area contributed by atoms with Crippen LogP contribution in [-0.2, 0) is 14.6 Å². The zero-order valence-electron chi connectivity index (χ0n) is 5.67. The molecule has 0 N–H and O–H groups in total. The number of ether oxygens (including phenoxy) is 1. The Balaban J connectivity index is 2.46. The Kier molecular flexibility index (Phi) is 2.68. The van der Waals surface area contributed by atoms with Gasteiger partial charge in [0.25, 0.3) is 5.94 Å². The van der Waals surface area contributed by atoms with Crippen LogP contribution >= 0.6 is 0 Å². The summed E-state index contributed by atoms with van der Waals surface area (Å²) < 4.78 is 26.2. The summed E-state index contributed by atoms with van der Waals surface area (Å²) in [6.07, 6.45) is 2.60. The minimum Gasteiger partial charge on any atom is -0.352 e. The van der Waals surface area contributed by atoms with E-state index in [2.05, 4.69) is 4.74 Å². The zero-order chi connectivity index (χ0) is 7.45. The van der Waals surface area contributed by atoms with Crippen LogP contribution in [-0.4, -0.2) is 20.8 Å². The fourth-order valence-electron chi connectivity index (χ4n) is 0.816. The number of sulfone groups is 1. The van der Waals surface area contributed by atoms with Crippen molar-refractivity contribution in [3.8, 4) is 0 Å². The van der Waals surface area contributed by atoms with Gasteiger partial charge in [0, 0.05) is 6.61 Å². The maximum Gasteiger partial charge on any atom is 0.264 e. The van der Waals surface area contributed by atoms with Gasteiger partial charge in [0.15, 0.2) is 9.84 Å². The van der Waals surface area contributed by atoms with Gasteiger partial charge >= 0.3 is 0 Å². The Morgan fingerprint density at radius 1 is 1.20 bits per heavy atom. The summed E-state index contributed by atoms with van der Waals surface area (Å²) in [6.45, 7) is 0.485. The number of hydrogen-bond donors (Lipinski definition) is 0. The van der Waals surface area contributed by atoms with Crippen molar-refractivity contribution in [2.45, 2.75) is 19.3 Å². The molecule has 0 atom stereocenters. The molecule has 1 heterocycles. The van der Waals surface area contributed by atoms with Crippen molar-refractivity contribution in [2.24, 2.45) is 0 Å². The Hall–Kier alpha value is -0.0900. The molecule has 0 aromatic rings. The Morgan fingerprint density at radius 2 is 2.00 bits per heavy atom. The second-order valence-electron chi connectivity index (χ2n) is 2.31. The van der Waals surface area contributed by atoms with Gasteiger partial charge in [0.05, 0.1) is 5.75 Å². The molecule has 0 aromatic carbocycles. The third-order valence-electron chi connectivity index (χ3n) is 1.35. The molecule has 10 heavy (non-hydrogen) atoms. The van der Waals surface area contributed by atoms with Gasteiger partial charge in [-0.15, -0.1) is 0 Å². The lowest BCUT2D eigenvalue weighted by atomic mass is 10.3. The zero-order valence-corrected chi connectivity index (χ0v) is 6.49. The average molecular weight is 162 g/mol. The van der Waals surface area contributed by atoms with E-state index in [1.54, 1.807) is 0 Å². The molecule has 1 aliphatic rings. The summed E-state index contributed by atoms with van der Waals surface area (Å²) in [5.74, 6) is 2.22. The lowest BCUT2D eigenvalue weighted by molar-refractivity contribution is 0.215.